The van der Waals surface area contributed by atoms with Gasteiger partial charge in [-0.3, -0.25) is 4.79 Å². The number of aryl methyl sites for hydroxylation is 2. The van der Waals surface area contributed by atoms with Crippen molar-refractivity contribution in [1.29, 1.82) is 0 Å². The van der Waals surface area contributed by atoms with E-state index in [-0.39, 0.29) is 24.8 Å². The minimum atomic E-state index is -0.582. The smallest absolute Gasteiger partial charge is 0.410 e. The summed E-state index contributed by atoms with van der Waals surface area (Å²) >= 11 is 0. The van der Waals surface area contributed by atoms with Crippen molar-refractivity contribution in [3.8, 4) is 0 Å². The predicted octanol–water partition coefficient (Wildman–Crippen LogP) is 4.00. The standard InChI is InChI=1S/C20H28FNO4/c1-5-25-18(23)9-8-14-11-15-7-6-10-22(13-16(15)17(21)12-14)19(24)26-20(2,3)4/h11-12H,5-10,13H2,1-4H3. The Labute approximate surface area is 154 Å². The maximum Gasteiger partial charge on any atom is 0.410 e. The molecule has 0 radical (unpaired) electrons. The van der Waals surface area contributed by atoms with Crippen LogP contribution in [0.25, 0.3) is 0 Å². The summed E-state index contributed by atoms with van der Waals surface area (Å²) < 4.78 is 25.0. The SMILES string of the molecule is CCOC(=O)CCc1cc(F)c2c(c1)CCCN(C(=O)OC(C)(C)C)C2. The van der Waals surface area contributed by atoms with Crippen LogP contribution in [0.3, 0.4) is 0 Å². The van der Waals surface area contributed by atoms with Gasteiger partial charge in [0, 0.05) is 18.5 Å². The number of nitrogens with zero attached hydrogens (tertiary/aromatic N) is 1. The van der Waals surface area contributed by atoms with Crippen LogP contribution in [-0.2, 0) is 33.7 Å². The molecule has 0 saturated heterocycles. The van der Waals surface area contributed by atoms with E-state index in [0.717, 1.165) is 17.5 Å². The Kier molecular flexibility index (Phi) is 6.62. The van der Waals surface area contributed by atoms with Crippen molar-refractivity contribution in [2.75, 3.05) is 13.2 Å². The second-order valence-electron chi connectivity index (χ2n) is 7.53. The molecule has 1 aliphatic rings. The molecule has 1 aliphatic heterocycles. The molecular weight excluding hydrogens is 337 g/mol. The van der Waals surface area contributed by atoms with Crippen molar-refractivity contribution in [2.45, 2.75) is 65.5 Å². The van der Waals surface area contributed by atoms with Crippen molar-refractivity contribution < 1.29 is 23.5 Å². The predicted molar refractivity (Wildman–Crippen MR) is 96.3 cm³/mol. The third-order valence-corrected chi connectivity index (χ3v) is 4.15. The average Bonchev–Trinajstić information content (AvgIpc) is 2.74. The Hall–Kier alpha value is -2.11. The molecule has 0 spiro atoms. The Balaban J connectivity index is 2.12. The number of rotatable bonds is 4. The molecule has 0 fully saturated rings. The van der Waals surface area contributed by atoms with E-state index in [1.54, 1.807) is 11.8 Å². The molecule has 1 heterocycles. The lowest BCUT2D eigenvalue weighted by Gasteiger charge is -2.26. The van der Waals surface area contributed by atoms with Crippen LogP contribution in [0.5, 0.6) is 0 Å². The fourth-order valence-electron chi connectivity index (χ4n) is 2.99. The summed E-state index contributed by atoms with van der Waals surface area (Å²) in [6, 6.07) is 3.40. The van der Waals surface area contributed by atoms with Gasteiger partial charge in [-0.25, -0.2) is 9.18 Å². The molecule has 1 aromatic carbocycles. The molecule has 1 aromatic rings. The van der Waals surface area contributed by atoms with E-state index in [0.29, 0.717) is 31.6 Å². The van der Waals surface area contributed by atoms with Crippen LogP contribution in [-0.4, -0.2) is 35.7 Å². The highest BCUT2D eigenvalue weighted by molar-refractivity contribution is 5.70. The van der Waals surface area contributed by atoms with Crippen molar-refractivity contribution >= 4 is 12.1 Å². The van der Waals surface area contributed by atoms with Gasteiger partial charge in [-0.2, -0.15) is 0 Å². The number of hydrogen-bond acceptors (Lipinski definition) is 4. The topological polar surface area (TPSA) is 55.8 Å². The van der Waals surface area contributed by atoms with Gasteiger partial charge in [0.25, 0.3) is 0 Å². The summed E-state index contributed by atoms with van der Waals surface area (Å²) in [5, 5.41) is 0. The van der Waals surface area contributed by atoms with Gasteiger partial charge in [0.05, 0.1) is 13.2 Å². The molecule has 0 atom stereocenters. The van der Waals surface area contributed by atoms with E-state index >= 15 is 0 Å². The number of amides is 1. The lowest BCUT2D eigenvalue weighted by molar-refractivity contribution is -0.143. The third-order valence-electron chi connectivity index (χ3n) is 4.15. The lowest BCUT2D eigenvalue weighted by Crippen LogP contribution is -2.36. The monoisotopic (exact) mass is 365 g/mol. The highest BCUT2D eigenvalue weighted by atomic mass is 19.1. The molecular formula is C20H28FNO4. The van der Waals surface area contributed by atoms with Gasteiger partial charge in [0.2, 0.25) is 0 Å². The molecule has 1 amide bonds. The van der Waals surface area contributed by atoms with Gasteiger partial charge in [-0.05, 0) is 64.2 Å². The first-order chi connectivity index (χ1) is 12.2. The largest absolute Gasteiger partial charge is 0.466 e. The minimum absolute atomic E-state index is 0.203. The number of carbonyl (C=O) groups excluding carboxylic acids is 2. The quantitative estimate of drug-likeness (QED) is 0.757. The lowest BCUT2D eigenvalue weighted by atomic mass is 9.98. The fraction of sp³-hybridized carbons (Fsp3) is 0.600. The number of benzene rings is 1. The average molecular weight is 365 g/mol. The van der Waals surface area contributed by atoms with E-state index in [9.17, 15) is 14.0 Å². The minimum Gasteiger partial charge on any atom is -0.466 e. The molecule has 26 heavy (non-hydrogen) atoms. The zero-order valence-corrected chi connectivity index (χ0v) is 16.1. The first kappa shape index (κ1) is 20.2. The zero-order valence-electron chi connectivity index (χ0n) is 16.1. The van der Waals surface area contributed by atoms with Crippen LogP contribution in [0.1, 0.15) is 57.2 Å². The van der Waals surface area contributed by atoms with Gasteiger partial charge < -0.3 is 14.4 Å². The highest BCUT2D eigenvalue weighted by Crippen LogP contribution is 2.25. The second kappa shape index (κ2) is 8.52. The van der Waals surface area contributed by atoms with Crippen LogP contribution < -0.4 is 0 Å². The normalized spacial score (nSPS) is 14.4. The van der Waals surface area contributed by atoms with E-state index < -0.39 is 11.7 Å². The van der Waals surface area contributed by atoms with Gasteiger partial charge in [-0.1, -0.05) is 6.07 Å². The van der Waals surface area contributed by atoms with Crippen LogP contribution in [0, 0.1) is 5.82 Å². The molecule has 0 aromatic heterocycles. The molecule has 144 valence electrons. The maximum absolute atomic E-state index is 14.7. The Morgan fingerprint density at radius 3 is 2.65 bits per heavy atom. The second-order valence-corrected chi connectivity index (χ2v) is 7.53. The summed E-state index contributed by atoms with van der Waals surface area (Å²) in [5.41, 5.74) is 1.63. The Bertz CT molecular complexity index is 667. The summed E-state index contributed by atoms with van der Waals surface area (Å²) in [6.45, 7) is 8.27. The summed E-state index contributed by atoms with van der Waals surface area (Å²) in [5.74, 6) is -0.615. The van der Waals surface area contributed by atoms with Crippen LogP contribution in [0.2, 0.25) is 0 Å². The zero-order chi connectivity index (χ0) is 19.3. The molecule has 0 aliphatic carbocycles. The van der Waals surface area contributed by atoms with E-state index in [1.165, 1.54) is 6.07 Å². The number of carbonyl (C=O) groups is 2. The Morgan fingerprint density at radius 2 is 2.00 bits per heavy atom. The molecule has 0 saturated carbocycles. The highest BCUT2D eigenvalue weighted by Gasteiger charge is 2.26. The Morgan fingerprint density at radius 1 is 1.27 bits per heavy atom. The molecule has 5 nitrogen and oxygen atoms in total. The van der Waals surface area contributed by atoms with Gasteiger partial charge in [-0.15, -0.1) is 0 Å². The van der Waals surface area contributed by atoms with Crippen molar-refractivity contribution in [1.82, 2.24) is 4.90 Å². The van der Waals surface area contributed by atoms with Gasteiger partial charge in [0.1, 0.15) is 11.4 Å². The number of fused-ring (bicyclic) bond motifs is 1. The number of halogens is 1. The van der Waals surface area contributed by atoms with E-state index in [1.807, 2.05) is 26.8 Å². The van der Waals surface area contributed by atoms with Crippen LogP contribution in [0.15, 0.2) is 12.1 Å². The fourth-order valence-corrected chi connectivity index (χ4v) is 2.99. The molecule has 0 bridgehead atoms. The number of esters is 1. The molecule has 0 unspecified atom stereocenters. The van der Waals surface area contributed by atoms with Crippen LogP contribution in [0.4, 0.5) is 9.18 Å². The van der Waals surface area contributed by atoms with Crippen molar-refractivity contribution in [3.63, 3.8) is 0 Å². The molecule has 0 N–H and O–H groups in total. The van der Waals surface area contributed by atoms with Gasteiger partial charge in [0.15, 0.2) is 0 Å². The molecule has 6 heteroatoms. The summed E-state index contributed by atoms with van der Waals surface area (Å²) in [7, 11) is 0. The number of hydrogen-bond donors (Lipinski definition) is 0. The van der Waals surface area contributed by atoms with E-state index in [4.69, 9.17) is 9.47 Å². The first-order valence-corrected chi connectivity index (χ1v) is 9.13. The first-order valence-electron chi connectivity index (χ1n) is 9.13. The van der Waals surface area contributed by atoms with Crippen molar-refractivity contribution in [2.24, 2.45) is 0 Å². The van der Waals surface area contributed by atoms with Gasteiger partial charge >= 0.3 is 12.1 Å². The number of ether oxygens (including phenoxy) is 2. The van der Waals surface area contributed by atoms with Crippen molar-refractivity contribution in [3.05, 3.63) is 34.6 Å². The summed E-state index contributed by atoms with van der Waals surface area (Å²) in [4.78, 5) is 25.4. The van der Waals surface area contributed by atoms with Crippen LogP contribution >= 0.6 is 0 Å². The summed E-state index contributed by atoms with van der Waals surface area (Å²) in [6.07, 6.45) is 1.69. The van der Waals surface area contributed by atoms with E-state index in [2.05, 4.69) is 0 Å². The third kappa shape index (κ3) is 5.71. The molecule has 2 rings (SSSR count). The maximum atomic E-state index is 14.7.